The fraction of sp³-hybridized carbons (Fsp3) is 0.750. The fourth-order valence-electron chi connectivity index (χ4n) is 2.67. The molecule has 2 aromatic heterocycles. The van der Waals surface area contributed by atoms with Crippen LogP contribution in [0, 0.1) is 6.92 Å². The van der Waals surface area contributed by atoms with Crippen molar-refractivity contribution in [2.45, 2.75) is 76.4 Å². The lowest BCUT2D eigenvalue weighted by Crippen LogP contribution is -2.00. The maximum absolute atomic E-state index is 4.45. The van der Waals surface area contributed by atoms with E-state index >= 15 is 0 Å². The van der Waals surface area contributed by atoms with Gasteiger partial charge < -0.3 is 0 Å². The van der Waals surface area contributed by atoms with Gasteiger partial charge in [-0.1, -0.05) is 55.3 Å². The zero-order valence-electron chi connectivity index (χ0n) is 14.0. The minimum atomic E-state index is 0.577. The van der Waals surface area contributed by atoms with E-state index in [4.69, 9.17) is 0 Å². The van der Waals surface area contributed by atoms with Gasteiger partial charge in [0.25, 0.3) is 0 Å². The van der Waals surface area contributed by atoms with Crippen LogP contribution in [0.25, 0.3) is 10.7 Å². The fourth-order valence-corrected chi connectivity index (χ4v) is 4.32. The number of aromatic nitrogens is 5. The summed E-state index contributed by atoms with van der Waals surface area (Å²) in [6, 6.07) is 0.577. The standard InChI is InChI=1S/C16H25N5S2/c1-3-4-5-6-7-8-11-22-16-19-18-15(21(16)13-9-10-13)14-12(2)17-20-23-14/h13H,3-11H2,1-2H3. The van der Waals surface area contributed by atoms with Crippen molar-refractivity contribution < 1.29 is 0 Å². The lowest BCUT2D eigenvalue weighted by molar-refractivity contribution is 0.625. The average Bonchev–Trinajstić information content (AvgIpc) is 3.17. The van der Waals surface area contributed by atoms with Gasteiger partial charge in [-0.2, -0.15) is 0 Å². The molecule has 7 heteroatoms. The van der Waals surface area contributed by atoms with Gasteiger partial charge in [0.15, 0.2) is 11.0 Å². The molecule has 126 valence electrons. The van der Waals surface area contributed by atoms with Crippen LogP contribution in [-0.4, -0.2) is 30.1 Å². The molecule has 0 aromatic carbocycles. The maximum atomic E-state index is 4.45. The van der Waals surface area contributed by atoms with Gasteiger partial charge in [0.2, 0.25) is 0 Å². The Labute approximate surface area is 146 Å². The smallest absolute Gasteiger partial charge is 0.191 e. The highest BCUT2D eigenvalue weighted by molar-refractivity contribution is 7.99. The van der Waals surface area contributed by atoms with Gasteiger partial charge in [0, 0.05) is 11.8 Å². The van der Waals surface area contributed by atoms with Crippen molar-refractivity contribution in [1.29, 1.82) is 0 Å². The molecule has 0 atom stereocenters. The van der Waals surface area contributed by atoms with Crippen molar-refractivity contribution in [3.63, 3.8) is 0 Å². The van der Waals surface area contributed by atoms with Crippen molar-refractivity contribution >= 4 is 23.3 Å². The zero-order valence-corrected chi connectivity index (χ0v) is 15.6. The molecule has 0 aliphatic heterocycles. The molecule has 0 bridgehead atoms. The Hall–Kier alpha value is -0.950. The Kier molecular flexibility index (Phi) is 6.05. The number of nitrogens with zero attached hydrogens (tertiary/aromatic N) is 5. The Morgan fingerprint density at radius 2 is 1.87 bits per heavy atom. The number of hydrogen-bond acceptors (Lipinski definition) is 6. The molecule has 23 heavy (non-hydrogen) atoms. The van der Waals surface area contributed by atoms with E-state index < -0.39 is 0 Å². The van der Waals surface area contributed by atoms with Crippen LogP contribution in [0.5, 0.6) is 0 Å². The van der Waals surface area contributed by atoms with Gasteiger partial charge in [-0.3, -0.25) is 4.57 Å². The SMILES string of the molecule is CCCCCCCCSc1nnc(-c2snnc2C)n1C1CC1. The van der Waals surface area contributed by atoms with Crippen LogP contribution in [0.3, 0.4) is 0 Å². The normalized spacial score (nSPS) is 14.5. The summed E-state index contributed by atoms with van der Waals surface area (Å²) in [6.07, 6.45) is 10.5. The van der Waals surface area contributed by atoms with Crippen LogP contribution in [0.2, 0.25) is 0 Å². The first-order chi connectivity index (χ1) is 11.3. The van der Waals surface area contributed by atoms with Gasteiger partial charge >= 0.3 is 0 Å². The van der Waals surface area contributed by atoms with Crippen LogP contribution >= 0.6 is 23.3 Å². The third kappa shape index (κ3) is 4.32. The molecule has 0 N–H and O–H groups in total. The van der Waals surface area contributed by atoms with Crippen molar-refractivity contribution in [2.24, 2.45) is 0 Å². The summed E-state index contributed by atoms with van der Waals surface area (Å²) in [4.78, 5) is 1.07. The second kappa shape index (κ2) is 8.24. The first kappa shape index (κ1) is 16.9. The number of thioether (sulfide) groups is 1. The van der Waals surface area contributed by atoms with Gasteiger partial charge in [-0.15, -0.1) is 15.3 Å². The Balaban J connectivity index is 1.58. The van der Waals surface area contributed by atoms with Crippen LogP contribution in [0.4, 0.5) is 0 Å². The molecule has 1 saturated carbocycles. The molecule has 1 fully saturated rings. The Morgan fingerprint density at radius 3 is 2.57 bits per heavy atom. The van der Waals surface area contributed by atoms with E-state index in [9.17, 15) is 0 Å². The van der Waals surface area contributed by atoms with Gasteiger partial charge in [0.05, 0.1) is 5.69 Å². The quantitative estimate of drug-likeness (QED) is 0.450. The van der Waals surface area contributed by atoms with E-state index in [2.05, 4.69) is 31.3 Å². The van der Waals surface area contributed by atoms with E-state index in [1.54, 1.807) is 0 Å². The van der Waals surface area contributed by atoms with E-state index in [-0.39, 0.29) is 0 Å². The van der Waals surface area contributed by atoms with Crippen LogP contribution in [-0.2, 0) is 0 Å². The Bertz CT molecular complexity index is 618. The molecule has 0 spiro atoms. The molecule has 0 radical (unpaired) electrons. The number of hydrogen-bond donors (Lipinski definition) is 0. The number of aryl methyl sites for hydroxylation is 1. The summed E-state index contributed by atoms with van der Waals surface area (Å²) in [5.74, 6) is 2.10. The van der Waals surface area contributed by atoms with E-state index in [0.29, 0.717) is 6.04 Å². The van der Waals surface area contributed by atoms with Gasteiger partial charge in [-0.25, -0.2) is 0 Å². The summed E-state index contributed by atoms with van der Waals surface area (Å²) < 4.78 is 6.37. The van der Waals surface area contributed by atoms with E-state index in [1.165, 1.54) is 62.9 Å². The Morgan fingerprint density at radius 1 is 1.09 bits per heavy atom. The topological polar surface area (TPSA) is 56.5 Å². The van der Waals surface area contributed by atoms with E-state index in [1.807, 2.05) is 18.7 Å². The molecule has 0 amide bonds. The number of unbranched alkanes of at least 4 members (excludes halogenated alkanes) is 5. The highest BCUT2D eigenvalue weighted by Gasteiger charge is 2.31. The summed E-state index contributed by atoms with van der Waals surface area (Å²) in [5.41, 5.74) is 0.955. The van der Waals surface area contributed by atoms with Crippen molar-refractivity contribution in [3.05, 3.63) is 5.69 Å². The summed E-state index contributed by atoms with van der Waals surface area (Å²) in [7, 11) is 0. The summed E-state index contributed by atoms with van der Waals surface area (Å²) in [5, 5.41) is 14.1. The molecule has 0 saturated heterocycles. The maximum Gasteiger partial charge on any atom is 0.191 e. The minimum Gasteiger partial charge on any atom is -0.298 e. The molecule has 3 rings (SSSR count). The third-order valence-electron chi connectivity index (χ3n) is 4.16. The lowest BCUT2D eigenvalue weighted by atomic mass is 10.1. The van der Waals surface area contributed by atoms with Crippen LogP contribution < -0.4 is 0 Å². The highest BCUT2D eigenvalue weighted by atomic mass is 32.2. The minimum absolute atomic E-state index is 0.577. The third-order valence-corrected chi connectivity index (χ3v) is 6.01. The first-order valence-electron chi connectivity index (χ1n) is 8.68. The zero-order chi connectivity index (χ0) is 16.1. The van der Waals surface area contributed by atoms with Crippen LogP contribution in [0.15, 0.2) is 5.16 Å². The number of rotatable bonds is 10. The van der Waals surface area contributed by atoms with Crippen molar-refractivity contribution in [2.75, 3.05) is 5.75 Å². The second-order valence-electron chi connectivity index (χ2n) is 6.21. The molecule has 2 aromatic rings. The van der Waals surface area contributed by atoms with Crippen molar-refractivity contribution in [3.8, 4) is 10.7 Å². The predicted molar refractivity (Wildman–Crippen MR) is 96.0 cm³/mol. The summed E-state index contributed by atoms with van der Waals surface area (Å²) >= 11 is 3.28. The average molecular weight is 352 g/mol. The molecule has 1 aliphatic carbocycles. The second-order valence-corrected chi connectivity index (χ2v) is 8.03. The molecule has 2 heterocycles. The van der Waals surface area contributed by atoms with Gasteiger partial charge in [0.1, 0.15) is 4.88 Å². The van der Waals surface area contributed by atoms with Crippen molar-refractivity contribution in [1.82, 2.24) is 24.4 Å². The largest absolute Gasteiger partial charge is 0.298 e. The van der Waals surface area contributed by atoms with Crippen LogP contribution in [0.1, 0.15) is 70.0 Å². The first-order valence-corrected chi connectivity index (χ1v) is 10.4. The molecule has 1 aliphatic rings. The molecule has 0 unspecified atom stereocenters. The monoisotopic (exact) mass is 351 g/mol. The van der Waals surface area contributed by atoms with E-state index in [0.717, 1.165) is 27.3 Å². The molecule has 5 nitrogen and oxygen atoms in total. The van der Waals surface area contributed by atoms with Gasteiger partial charge in [-0.05, 0) is 37.7 Å². The lowest BCUT2D eigenvalue weighted by Gasteiger charge is -2.07. The summed E-state index contributed by atoms with van der Waals surface area (Å²) in [6.45, 7) is 4.26. The highest BCUT2D eigenvalue weighted by Crippen LogP contribution is 2.42. The predicted octanol–water partition coefficient (Wildman–Crippen LogP) is 4.89. The molecular weight excluding hydrogens is 326 g/mol. The molecular formula is C16H25N5S2.